The van der Waals surface area contributed by atoms with Gasteiger partial charge in [-0.3, -0.25) is 9.59 Å². The largest absolute Gasteiger partial charge is 0.486 e. The Morgan fingerprint density at radius 3 is 2.72 bits per heavy atom. The molecule has 0 spiro atoms. The molecule has 1 N–H and O–H groups in total. The number of hydrogen-bond donors (Lipinski definition) is 1. The van der Waals surface area contributed by atoms with E-state index in [1.165, 1.54) is 11.0 Å². The molecule has 0 aromatic heterocycles. The smallest absolute Gasteiger partial charge is 0.330 e. The minimum Gasteiger partial charge on any atom is -0.486 e. The van der Waals surface area contributed by atoms with Crippen molar-refractivity contribution in [3.8, 4) is 5.75 Å². The summed E-state index contributed by atoms with van der Waals surface area (Å²) in [6.07, 6.45) is 4.57. The molecule has 7 heteroatoms. The highest BCUT2D eigenvalue weighted by atomic mass is 16.5. The molecular weight excluding hydrogens is 408 g/mol. The van der Waals surface area contributed by atoms with Crippen LogP contribution in [0.3, 0.4) is 0 Å². The van der Waals surface area contributed by atoms with Crippen molar-refractivity contribution in [3.63, 3.8) is 0 Å². The van der Waals surface area contributed by atoms with Gasteiger partial charge in [-0.1, -0.05) is 42.5 Å². The molecule has 4 rings (SSSR count). The molecule has 0 saturated heterocycles. The highest BCUT2D eigenvalue weighted by Gasteiger charge is 2.39. The Balaban J connectivity index is 1.59. The highest BCUT2D eigenvalue weighted by molar-refractivity contribution is 6.12. The summed E-state index contributed by atoms with van der Waals surface area (Å²) in [5, 5.41) is 2.89. The molecule has 0 fully saturated rings. The van der Waals surface area contributed by atoms with Crippen molar-refractivity contribution in [3.05, 3.63) is 83.0 Å². The van der Waals surface area contributed by atoms with Crippen molar-refractivity contribution in [1.82, 2.24) is 4.90 Å². The van der Waals surface area contributed by atoms with Gasteiger partial charge in [0.05, 0.1) is 17.9 Å². The van der Waals surface area contributed by atoms with E-state index in [0.717, 1.165) is 11.1 Å². The summed E-state index contributed by atoms with van der Waals surface area (Å²) in [5.41, 5.74) is 3.27. The standard InChI is InChI=1S/C25H24N2O5/c1-3-31-21(28)12-10-18-13-20-24(29)26-22-19(25(30)27(20)14-18)11-9-16(2)23(22)32-15-17-7-5-4-6-8-17/h4-13,20H,3,14-15H2,1-2H3,(H,26,29)/b12-10+/t20-/m0/s1. The minimum atomic E-state index is -0.765. The summed E-state index contributed by atoms with van der Waals surface area (Å²) >= 11 is 0. The molecule has 0 bridgehead atoms. The molecule has 2 heterocycles. The lowest BCUT2D eigenvalue weighted by atomic mass is 10.1. The molecule has 1 atom stereocenters. The molecule has 2 amide bonds. The summed E-state index contributed by atoms with van der Waals surface area (Å²) in [5.74, 6) is -0.580. The lowest BCUT2D eigenvalue weighted by molar-refractivity contribution is -0.137. The van der Waals surface area contributed by atoms with Crippen LogP contribution < -0.4 is 10.1 Å². The maximum Gasteiger partial charge on any atom is 0.330 e. The van der Waals surface area contributed by atoms with Gasteiger partial charge in [-0.25, -0.2) is 4.79 Å². The number of carbonyl (C=O) groups is 3. The van der Waals surface area contributed by atoms with E-state index < -0.39 is 12.0 Å². The van der Waals surface area contributed by atoms with E-state index in [1.54, 1.807) is 25.1 Å². The molecule has 32 heavy (non-hydrogen) atoms. The third-order valence-electron chi connectivity index (χ3n) is 5.37. The van der Waals surface area contributed by atoms with E-state index in [0.29, 0.717) is 29.2 Å². The molecule has 0 aliphatic carbocycles. The average Bonchev–Trinajstić information content (AvgIpc) is 3.19. The second kappa shape index (κ2) is 9.09. The summed E-state index contributed by atoms with van der Waals surface area (Å²) in [6.45, 7) is 4.42. The molecule has 2 aromatic carbocycles. The SMILES string of the molecule is CCOC(=O)/C=C/C1=C[C@H]2C(=O)Nc3c(ccc(C)c3OCc3ccccc3)C(=O)N2C1. The first-order valence-corrected chi connectivity index (χ1v) is 10.5. The number of esters is 1. The average molecular weight is 432 g/mol. The van der Waals surface area contributed by atoms with E-state index in [-0.39, 0.29) is 25.0 Å². The number of anilines is 1. The van der Waals surface area contributed by atoms with E-state index in [4.69, 9.17) is 9.47 Å². The summed E-state index contributed by atoms with van der Waals surface area (Å²) in [6, 6.07) is 12.4. The second-order valence-corrected chi connectivity index (χ2v) is 7.60. The summed E-state index contributed by atoms with van der Waals surface area (Å²) < 4.78 is 10.9. The van der Waals surface area contributed by atoms with Gasteiger partial charge >= 0.3 is 5.97 Å². The van der Waals surface area contributed by atoms with Gasteiger partial charge in [0, 0.05) is 12.6 Å². The maximum absolute atomic E-state index is 13.3. The van der Waals surface area contributed by atoms with Gasteiger partial charge in [-0.05, 0) is 42.7 Å². The van der Waals surface area contributed by atoms with E-state index in [1.807, 2.05) is 43.3 Å². The van der Waals surface area contributed by atoms with Crippen LogP contribution in [0.1, 0.15) is 28.4 Å². The number of ether oxygens (including phenoxy) is 2. The predicted molar refractivity (Wildman–Crippen MR) is 119 cm³/mol. The van der Waals surface area contributed by atoms with Crippen molar-refractivity contribution in [1.29, 1.82) is 0 Å². The van der Waals surface area contributed by atoms with Crippen LogP contribution in [0.2, 0.25) is 0 Å². The van der Waals surface area contributed by atoms with Gasteiger partial charge in [0.1, 0.15) is 18.4 Å². The number of nitrogens with zero attached hydrogens (tertiary/aromatic N) is 1. The fourth-order valence-corrected chi connectivity index (χ4v) is 3.79. The van der Waals surface area contributed by atoms with Crippen molar-refractivity contribution in [2.24, 2.45) is 0 Å². The van der Waals surface area contributed by atoms with Crippen LogP contribution in [0, 0.1) is 6.92 Å². The molecule has 0 radical (unpaired) electrons. The van der Waals surface area contributed by atoms with Crippen LogP contribution in [0.25, 0.3) is 0 Å². The van der Waals surface area contributed by atoms with Gasteiger partial charge < -0.3 is 19.7 Å². The molecule has 164 valence electrons. The fraction of sp³-hybridized carbons (Fsp3) is 0.240. The topological polar surface area (TPSA) is 84.9 Å². The van der Waals surface area contributed by atoms with Gasteiger partial charge in [0.2, 0.25) is 0 Å². The van der Waals surface area contributed by atoms with Crippen molar-refractivity contribution in [2.75, 3.05) is 18.5 Å². The number of rotatable bonds is 6. The van der Waals surface area contributed by atoms with Gasteiger partial charge in [-0.15, -0.1) is 0 Å². The molecular formula is C25H24N2O5. The predicted octanol–water partition coefficient (Wildman–Crippen LogP) is 3.40. The normalized spacial score (nSPS) is 17.4. The Kier molecular flexibility index (Phi) is 6.07. The zero-order chi connectivity index (χ0) is 22.7. The number of hydrogen-bond acceptors (Lipinski definition) is 5. The number of amides is 2. The number of nitrogens with one attached hydrogen (secondary N) is 1. The van der Waals surface area contributed by atoms with E-state index in [2.05, 4.69) is 5.32 Å². The number of aryl methyl sites for hydroxylation is 1. The van der Waals surface area contributed by atoms with Crippen LogP contribution in [0.4, 0.5) is 5.69 Å². The fourth-order valence-electron chi connectivity index (χ4n) is 3.79. The number of carbonyl (C=O) groups excluding carboxylic acids is 3. The van der Waals surface area contributed by atoms with Crippen molar-refractivity contribution >= 4 is 23.5 Å². The Labute approximate surface area is 186 Å². The van der Waals surface area contributed by atoms with Crippen LogP contribution >= 0.6 is 0 Å². The molecule has 7 nitrogen and oxygen atoms in total. The first-order valence-electron chi connectivity index (χ1n) is 10.5. The third-order valence-corrected chi connectivity index (χ3v) is 5.37. The molecule has 0 unspecified atom stereocenters. The summed E-state index contributed by atoms with van der Waals surface area (Å²) in [4.78, 5) is 39.4. The van der Waals surface area contributed by atoms with Crippen LogP contribution in [0.15, 0.2) is 66.3 Å². The Morgan fingerprint density at radius 2 is 1.97 bits per heavy atom. The third kappa shape index (κ3) is 4.27. The van der Waals surface area contributed by atoms with Gasteiger partial charge in [-0.2, -0.15) is 0 Å². The second-order valence-electron chi connectivity index (χ2n) is 7.60. The zero-order valence-electron chi connectivity index (χ0n) is 18.0. The van der Waals surface area contributed by atoms with Crippen molar-refractivity contribution < 1.29 is 23.9 Å². The van der Waals surface area contributed by atoms with E-state index in [9.17, 15) is 14.4 Å². The van der Waals surface area contributed by atoms with Crippen molar-refractivity contribution in [2.45, 2.75) is 26.5 Å². The number of benzene rings is 2. The van der Waals surface area contributed by atoms with Crippen LogP contribution in [-0.4, -0.2) is 41.9 Å². The first-order chi connectivity index (χ1) is 15.5. The lowest BCUT2D eigenvalue weighted by Gasteiger charge is -2.20. The lowest BCUT2D eigenvalue weighted by Crippen LogP contribution is -2.40. The minimum absolute atomic E-state index is 0.223. The van der Waals surface area contributed by atoms with Crippen LogP contribution in [-0.2, 0) is 20.9 Å². The summed E-state index contributed by atoms with van der Waals surface area (Å²) in [7, 11) is 0. The monoisotopic (exact) mass is 432 g/mol. The van der Waals surface area contributed by atoms with E-state index >= 15 is 0 Å². The maximum atomic E-state index is 13.3. The molecule has 2 aliphatic heterocycles. The van der Waals surface area contributed by atoms with Gasteiger partial charge in [0.15, 0.2) is 0 Å². The Bertz CT molecular complexity index is 1120. The zero-order valence-corrected chi connectivity index (χ0v) is 18.0. The number of fused-ring (bicyclic) bond motifs is 2. The molecule has 2 aromatic rings. The Hall–Kier alpha value is -3.87. The first kappa shape index (κ1) is 21.4. The highest BCUT2D eigenvalue weighted by Crippen LogP contribution is 2.37. The molecule has 2 aliphatic rings. The quantitative estimate of drug-likeness (QED) is 0.559. The van der Waals surface area contributed by atoms with Gasteiger partial charge in [0.25, 0.3) is 11.8 Å². The molecule has 0 saturated carbocycles. The van der Waals surface area contributed by atoms with Crippen LogP contribution in [0.5, 0.6) is 5.75 Å². The Morgan fingerprint density at radius 1 is 1.19 bits per heavy atom.